The first kappa shape index (κ1) is 140. The van der Waals surface area contributed by atoms with E-state index in [0.29, 0.717) is 0 Å². The van der Waals surface area contributed by atoms with E-state index >= 15 is 0 Å². The molecule has 0 heterocycles. The first-order valence-corrected chi connectivity index (χ1v) is 6.00. The Bertz CT molecular complexity index is 226. The van der Waals surface area contributed by atoms with Gasteiger partial charge in [-0.1, -0.05) is 0 Å². The largest absolute Gasteiger partial charge is 1.00 e. The molecule has 0 atom stereocenters. The minimum absolute atomic E-state index is 0. The third-order valence-electron chi connectivity index (χ3n) is 0. The van der Waals surface area contributed by atoms with E-state index in [9.17, 15) is 0 Å². The molecule has 0 aromatic heterocycles. The SMILES string of the molecule is O.O.O.O.O.O.O.O.O.O.O=S([O-])([O-])=S.O=S([O-])([O-])=S.[Na+].[Na+].[Na+].[Na+]. The Morgan fingerprint density at radius 3 is 0.417 bits per heavy atom. The van der Waals surface area contributed by atoms with Gasteiger partial charge in [0.25, 0.3) is 0 Å². The molecule has 0 rings (SSSR count). The summed E-state index contributed by atoms with van der Waals surface area (Å²) in [5.41, 5.74) is 0. The Labute approximate surface area is 236 Å². The van der Waals surface area contributed by atoms with Crippen molar-refractivity contribution in [3.05, 3.63) is 0 Å². The molecule has 24 heavy (non-hydrogen) atoms. The minimum atomic E-state index is -4.33. The van der Waals surface area contributed by atoms with Crippen molar-refractivity contribution >= 4 is 40.5 Å². The van der Waals surface area contributed by atoms with Crippen molar-refractivity contribution in [2.24, 2.45) is 0 Å². The summed E-state index contributed by atoms with van der Waals surface area (Å²) in [6.45, 7) is 0. The maximum atomic E-state index is 8.89. The molecule has 0 aliphatic rings. The van der Waals surface area contributed by atoms with Gasteiger partial charge in [-0.25, -0.2) is 0 Å². The van der Waals surface area contributed by atoms with E-state index in [4.69, 9.17) is 26.6 Å². The topological polar surface area (TPSA) is 441 Å². The van der Waals surface area contributed by atoms with Crippen LogP contribution >= 0.6 is 0 Å². The summed E-state index contributed by atoms with van der Waals surface area (Å²) in [5.74, 6) is 0. The van der Waals surface area contributed by atoms with E-state index in [0.717, 1.165) is 0 Å². The average molecular weight is 496 g/mol. The van der Waals surface area contributed by atoms with Gasteiger partial charge in [-0.2, -0.15) is 0 Å². The summed E-state index contributed by atoms with van der Waals surface area (Å²) in [5, 5.41) is 0. The van der Waals surface area contributed by atoms with Gasteiger partial charge in [-0.05, 0) is 22.4 Å². The molecule has 0 bridgehead atoms. The molecule has 0 aliphatic carbocycles. The van der Waals surface area contributed by atoms with Crippen molar-refractivity contribution in [2.45, 2.75) is 0 Å². The van der Waals surface area contributed by atoms with Crippen LogP contribution in [0.3, 0.4) is 0 Å². The quantitative estimate of drug-likeness (QED) is 0.289. The molecule has 0 aromatic carbocycles. The molecular weight excluding hydrogens is 476 g/mol. The van der Waals surface area contributed by atoms with Crippen LogP contribution in [0.2, 0.25) is 0 Å². The van der Waals surface area contributed by atoms with Gasteiger partial charge in [0.2, 0.25) is 0 Å². The van der Waals surface area contributed by atoms with Crippen LogP contribution in [0.25, 0.3) is 0 Å². The summed E-state index contributed by atoms with van der Waals surface area (Å²) in [7, 11) is -8.67. The first-order chi connectivity index (χ1) is 4.00. The van der Waals surface area contributed by atoms with Gasteiger partial charge in [0, 0.05) is 0 Å². The summed E-state index contributed by atoms with van der Waals surface area (Å²) >= 11 is 6.49. The van der Waals surface area contributed by atoms with Crippen molar-refractivity contribution in [3.8, 4) is 0 Å². The summed E-state index contributed by atoms with van der Waals surface area (Å²) in [6, 6.07) is 0. The Morgan fingerprint density at radius 2 is 0.417 bits per heavy atom. The minimum Gasteiger partial charge on any atom is -0.780 e. The molecule has 0 unspecified atom stereocenters. The van der Waals surface area contributed by atoms with Crippen LogP contribution in [0.4, 0.5) is 0 Å². The summed E-state index contributed by atoms with van der Waals surface area (Å²) < 4.78 is 53.3. The van der Waals surface area contributed by atoms with E-state index in [1.807, 2.05) is 0 Å². The van der Waals surface area contributed by atoms with Gasteiger partial charge >= 0.3 is 118 Å². The van der Waals surface area contributed by atoms with Crippen LogP contribution in [-0.2, 0) is 40.5 Å². The molecule has 24 heteroatoms. The zero-order valence-electron chi connectivity index (χ0n) is 13.1. The number of hydrogen-bond donors (Lipinski definition) is 0. The second-order valence-corrected chi connectivity index (χ2v) is 4.90. The molecule has 0 aliphatic heterocycles. The Morgan fingerprint density at radius 1 is 0.417 bits per heavy atom. The fourth-order valence-electron chi connectivity index (χ4n) is 0. The second-order valence-electron chi connectivity index (χ2n) is 0.816. The zero-order valence-corrected chi connectivity index (χ0v) is 24.3. The molecule has 0 fully saturated rings. The van der Waals surface area contributed by atoms with Crippen molar-refractivity contribution in [1.82, 2.24) is 0 Å². The first-order valence-electron chi connectivity index (χ1n) is 1.33. The van der Waals surface area contributed by atoms with Gasteiger partial charge in [-0.15, -0.1) is 18.1 Å². The molecule has 0 amide bonds. The van der Waals surface area contributed by atoms with E-state index < -0.39 is 18.1 Å². The number of hydrogen-bond acceptors (Lipinski definition) is 8. The van der Waals surface area contributed by atoms with E-state index in [1.54, 1.807) is 0 Å². The van der Waals surface area contributed by atoms with E-state index in [-0.39, 0.29) is 173 Å². The van der Waals surface area contributed by atoms with Crippen LogP contribution in [-0.4, -0.2) is 81.4 Å². The smallest absolute Gasteiger partial charge is 0.780 e. The maximum absolute atomic E-state index is 8.89. The predicted molar refractivity (Wildman–Crippen MR) is 70.3 cm³/mol. The monoisotopic (exact) mass is 496 g/mol. The normalized spacial score (nSPS) is 4.83. The fourth-order valence-corrected chi connectivity index (χ4v) is 0. The van der Waals surface area contributed by atoms with Crippen LogP contribution in [0.15, 0.2) is 0 Å². The Balaban J connectivity index is -0.00000000241. The van der Waals surface area contributed by atoms with Crippen LogP contribution in [0.1, 0.15) is 0 Å². The van der Waals surface area contributed by atoms with Crippen molar-refractivity contribution in [2.75, 3.05) is 0 Å². The zero-order chi connectivity index (χ0) is 9.00. The van der Waals surface area contributed by atoms with Crippen LogP contribution in [0, 0.1) is 0 Å². The van der Waals surface area contributed by atoms with Gasteiger partial charge in [-0.3, -0.25) is 8.42 Å². The molecule has 0 saturated carbocycles. The second kappa shape index (κ2) is 71.2. The fraction of sp³-hybridized carbons (Fsp3) is 0. The molecular formula is H20Na4O16S4. The average Bonchev–Trinajstić information content (AvgIpc) is 1.12. The maximum Gasteiger partial charge on any atom is 1.00 e. The van der Waals surface area contributed by atoms with Crippen molar-refractivity contribution in [1.29, 1.82) is 0 Å². The Kier molecular flexibility index (Phi) is 416. The van der Waals surface area contributed by atoms with Crippen LogP contribution in [0.5, 0.6) is 0 Å². The van der Waals surface area contributed by atoms with Gasteiger partial charge in [0.05, 0.1) is 0 Å². The van der Waals surface area contributed by atoms with Crippen LogP contribution < -0.4 is 118 Å². The molecule has 20 N–H and O–H groups in total. The summed E-state index contributed by atoms with van der Waals surface area (Å²) in [4.78, 5) is 0. The third-order valence-corrected chi connectivity index (χ3v) is 0. The molecule has 0 spiro atoms. The van der Waals surface area contributed by atoms with Gasteiger partial charge < -0.3 is 73.0 Å². The molecule has 0 aromatic rings. The molecule has 144 valence electrons. The Hall–Kier alpha value is 4.18. The summed E-state index contributed by atoms with van der Waals surface area (Å²) in [6.07, 6.45) is 0. The standard InChI is InChI=1S/4Na.2H2O3S2.10H2O/c;;;;2*1-5(2,3)4;;;;;;;;;;/h;;;;2*(H2,1,2,3,4);10*1H2/q4*+1;;;;;;;;;;;;/p-4. The van der Waals surface area contributed by atoms with Crippen molar-refractivity contribution in [3.63, 3.8) is 0 Å². The molecule has 0 saturated heterocycles. The van der Waals surface area contributed by atoms with Gasteiger partial charge in [0.1, 0.15) is 0 Å². The predicted octanol–water partition coefficient (Wildman–Crippen LogP) is -22.2. The van der Waals surface area contributed by atoms with Gasteiger partial charge in [0.15, 0.2) is 0 Å². The van der Waals surface area contributed by atoms with E-state index in [1.165, 1.54) is 0 Å². The molecule has 0 radical (unpaired) electrons. The molecule has 16 nitrogen and oxygen atoms in total. The number of rotatable bonds is 0. The van der Waals surface area contributed by atoms with E-state index in [2.05, 4.69) is 22.4 Å². The third kappa shape index (κ3) is 950. The van der Waals surface area contributed by atoms with Crippen molar-refractivity contribution < 1.29 is 200 Å².